The highest BCUT2D eigenvalue weighted by molar-refractivity contribution is 5.62. The van der Waals surface area contributed by atoms with Crippen LogP contribution < -0.4 is 4.57 Å². The Morgan fingerprint density at radius 3 is 2.12 bits per heavy atom. The second kappa shape index (κ2) is 6.31. The molecule has 0 saturated carbocycles. The Morgan fingerprint density at radius 2 is 1.62 bits per heavy atom. The maximum Gasteiger partial charge on any atom is 0.215 e. The van der Waals surface area contributed by atoms with E-state index < -0.39 is 0 Å². The van der Waals surface area contributed by atoms with Crippen LogP contribution >= 0.6 is 0 Å². The molecular weight excluding hydrogens is 297 g/mol. The molecule has 0 spiro atoms. The molecule has 0 atom stereocenters. The first kappa shape index (κ1) is 18.6. The van der Waals surface area contributed by atoms with E-state index >= 15 is 0 Å². The molecule has 0 amide bonds. The second-order valence-corrected chi connectivity index (χ2v) is 9.16. The van der Waals surface area contributed by atoms with Crippen LogP contribution in [0.3, 0.4) is 0 Å². The summed E-state index contributed by atoms with van der Waals surface area (Å²) < 4.78 is 16.7. The van der Waals surface area contributed by atoms with Gasteiger partial charge in [-0.1, -0.05) is 53.7 Å². The molecule has 0 aliphatic rings. The van der Waals surface area contributed by atoms with Gasteiger partial charge >= 0.3 is 0 Å². The molecule has 2 aromatic rings. The predicted octanol–water partition coefficient (Wildman–Crippen LogP) is 5.51. The number of aromatic nitrogens is 1. The van der Waals surface area contributed by atoms with E-state index in [1.807, 2.05) is 17.8 Å². The Balaban J connectivity index is 2.49. The van der Waals surface area contributed by atoms with E-state index in [1.165, 1.54) is 11.1 Å². The Bertz CT molecular complexity index is 746. The SMILES string of the molecule is Cc1cc(C(C)(C)C)ccc1-c1cc(F)c(CC(C)(C)C)c[n+]1C. The van der Waals surface area contributed by atoms with Crippen molar-refractivity contribution in [1.82, 2.24) is 0 Å². The average molecular weight is 328 g/mol. The second-order valence-electron chi connectivity index (χ2n) is 9.16. The van der Waals surface area contributed by atoms with Crippen molar-refractivity contribution >= 4 is 0 Å². The van der Waals surface area contributed by atoms with Crippen LogP contribution in [-0.4, -0.2) is 0 Å². The highest BCUT2D eigenvalue weighted by Gasteiger charge is 2.22. The molecule has 2 rings (SSSR count). The van der Waals surface area contributed by atoms with Crippen LogP contribution in [0, 0.1) is 18.2 Å². The molecule has 0 aliphatic heterocycles. The highest BCUT2D eigenvalue weighted by atomic mass is 19.1. The van der Waals surface area contributed by atoms with Crippen molar-refractivity contribution in [2.45, 2.75) is 60.3 Å². The van der Waals surface area contributed by atoms with Crippen LogP contribution in [0.15, 0.2) is 30.5 Å². The summed E-state index contributed by atoms with van der Waals surface area (Å²) in [6.07, 6.45) is 2.67. The number of rotatable bonds is 2. The summed E-state index contributed by atoms with van der Waals surface area (Å²) in [5.41, 5.74) is 5.46. The van der Waals surface area contributed by atoms with Gasteiger partial charge in [0.25, 0.3) is 0 Å². The molecule has 0 unspecified atom stereocenters. The first-order valence-corrected chi connectivity index (χ1v) is 8.68. The molecule has 0 saturated heterocycles. The minimum absolute atomic E-state index is 0.0691. The van der Waals surface area contributed by atoms with Gasteiger partial charge in [0.2, 0.25) is 5.69 Å². The van der Waals surface area contributed by atoms with Crippen molar-refractivity contribution < 1.29 is 8.96 Å². The highest BCUT2D eigenvalue weighted by Crippen LogP contribution is 2.29. The third-order valence-electron chi connectivity index (χ3n) is 4.39. The fraction of sp³-hybridized carbons (Fsp3) is 0.500. The van der Waals surface area contributed by atoms with Crippen molar-refractivity contribution in [3.05, 3.63) is 53.0 Å². The Labute approximate surface area is 146 Å². The van der Waals surface area contributed by atoms with E-state index in [1.54, 1.807) is 6.07 Å². The van der Waals surface area contributed by atoms with Crippen molar-refractivity contribution in [3.8, 4) is 11.3 Å². The van der Waals surface area contributed by atoms with Gasteiger partial charge in [-0.2, -0.15) is 0 Å². The molecule has 0 radical (unpaired) electrons. The quantitative estimate of drug-likeness (QED) is 0.640. The van der Waals surface area contributed by atoms with Gasteiger partial charge in [-0.3, -0.25) is 0 Å². The van der Waals surface area contributed by atoms with Crippen LogP contribution in [0.2, 0.25) is 0 Å². The van der Waals surface area contributed by atoms with Gasteiger partial charge in [0.1, 0.15) is 12.9 Å². The third kappa shape index (κ3) is 4.23. The average Bonchev–Trinajstić information content (AvgIpc) is 2.40. The lowest BCUT2D eigenvalue weighted by atomic mass is 9.85. The molecule has 1 aromatic carbocycles. The number of aryl methyl sites for hydroxylation is 2. The third-order valence-corrected chi connectivity index (χ3v) is 4.39. The van der Waals surface area contributed by atoms with E-state index in [-0.39, 0.29) is 16.6 Å². The van der Waals surface area contributed by atoms with Crippen LogP contribution in [0.4, 0.5) is 4.39 Å². The fourth-order valence-corrected chi connectivity index (χ4v) is 3.07. The first-order valence-electron chi connectivity index (χ1n) is 8.68. The topological polar surface area (TPSA) is 3.88 Å². The fourth-order valence-electron chi connectivity index (χ4n) is 3.07. The van der Waals surface area contributed by atoms with Crippen LogP contribution in [0.1, 0.15) is 58.2 Å². The molecule has 0 N–H and O–H groups in total. The van der Waals surface area contributed by atoms with E-state index in [4.69, 9.17) is 0 Å². The van der Waals surface area contributed by atoms with Gasteiger partial charge in [0.15, 0.2) is 6.20 Å². The standard InChI is InChI=1S/C22H31FN/c1-15-11-17(22(5,6)7)9-10-18(15)20-12-19(23)16(14-24(20)8)13-21(2,3)4/h9-12,14H,13H2,1-8H3/q+1. The summed E-state index contributed by atoms with van der Waals surface area (Å²) in [5, 5.41) is 0. The molecule has 1 heterocycles. The van der Waals surface area contributed by atoms with Gasteiger partial charge in [0.05, 0.1) is 5.56 Å². The molecule has 0 aliphatic carbocycles. The summed E-state index contributed by atoms with van der Waals surface area (Å²) in [5.74, 6) is -0.114. The molecule has 1 aromatic heterocycles. The maximum absolute atomic E-state index is 14.6. The smallest absolute Gasteiger partial charge is 0.206 e. The van der Waals surface area contributed by atoms with E-state index in [0.29, 0.717) is 0 Å². The zero-order valence-corrected chi connectivity index (χ0v) is 16.4. The van der Waals surface area contributed by atoms with Gasteiger partial charge in [-0.25, -0.2) is 8.96 Å². The Kier molecular flexibility index (Phi) is 4.90. The van der Waals surface area contributed by atoms with Crippen LogP contribution in [0.5, 0.6) is 0 Å². The first-order chi connectivity index (χ1) is 10.9. The molecule has 0 fully saturated rings. The lowest BCUT2D eigenvalue weighted by Gasteiger charge is -2.20. The van der Waals surface area contributed by atoms with Crippen molar-refractivity contribution in [2.24, 2.45) is 12.5 Å². The zero-order chi connectivity index (χ0) is 18.3. The van der Waals surface area contributed by atoms with E-state index in [9.17, 15) is 4.39 Å². The summed E-state index contributed by atoms with van der Waals surface area (Å²) in [6.45, 7) is 15.1. The van der Waals surface area contributed by atoms with E-state index in [0.717, 1.165) is 23.2 Å². The zero-order valence-electron chi connectivity index (χ0n) is 16.4. The summed E-state index contributed by atoms with van der Waals surface area (Å²) in [6, 6.07) is 8.17. The van der Waals surface area contributed by atoms with E-state index in [2.05, 4.69) is 66.7 Å². The van der Waals surface area contributed by atoms with Gasteiger partial charge in [0, 0.05) is 11.6 Å². The molecule has 130 valence electrons. The molecule has 24 heavy (non-hydrogen) atoms. The lowest BCUT2D eigenvalue weighted by molar-refractivity contribution is -0.661. The van der Waals surface area contributed by atoms with Crippen LogP contribution in [-0.2, 0) is 18.9 Å². The molecule has 2 heteroatoms. The number of hydrogen-bond donors (Lipinski definition) is 0. The normalized spacial score (nSPS) is 12.5. The van der Waals surface area contributed by atoms with Crippen molar-refractivity contribution in [2.75, 3.05) is 0 Å². The number of nitrogens with zero attached hydrogens (tertiary/aromatic N) is 1. The number of halogens is 1. The predicted molar refractivity (Wildman–Crippen MR) is 99.6 cm³/mol. The minimum Gasteiger partial charge on any atom is -0.206 e. The van der Waals surface area contributed by atoms with Crippen molar-refractivity contribution in [3.63, 3.8) is 0 Å². The largest absolute Gasteiger partial charge is 0.215 e. The van der Waals surface area contributed by atoms with Crippen LogP contribution in [0.25, 0.3) is 11.3 Å². The van der Waals surface area contributed by atoms with Gasteiger partial charge in [-0.15, -0.1) is 0 Å². The number of pyridine rings is 1. The van der Waals surface area contributed by atoms with Gasteiger partial charge < -0.3 is 0 Å². The lowest BCUT2D eigenvalue weighted by Crippen LogP contribution is -2.33. The molecular formula is C22H31FN+. The molecule has 0 bridgehead atoms. The van der Waals surface area contributed by atoms with Crippen molar-refractivity contribution in [1.29, 1.82) is 0 Å². The molecule has 1 nitrogen and oxygen atoms in total. The summed E-state index contributed by atoms with van der Waals surface area (Å²) in [4.78, 5) is 0. The summed E-state index contributed by atoms with van der Waals surface area (Å²) in [7, 11) is 2.00. The Hall–Kier alpha value is -1.70. The Morgan fingerprint density at radius 1 is 1.00 bits per heavy atom. The monoisotopic (exact) mass is 328 g/mol. The number of benzene rings is 1. The number of hydrogen-bond acceptors (Lipinski definition) is 0. The maximum atomic E-state index is 14.6. The van der Waals surface area contributed by atoms with Gasteiger partial charge in [-0.05, 0) is 41.4 Å². The summed E-state index contributed by atoms with van der Waals surface area (Å²) >= 11 is 0. The minimum atomic E-state index is -0.114.